The first-order valence-corrected chi connectivity index (χ1v) is 11.1. The smallest absolute Gasteiger partial charge is 0.266 e. The monoisotopic (exact) mass is 456 g/mol. The van der Waals surface area contributed by atoms with Crippen molar-refractivity contribution in [2.24, 2.45) is 0 Å². The molecule has 3 rings (SSSR count). The van der Waals surface area contributed by atoms with Crippen LogP contribution in [0.3, 0.4) is 0 Å². The van der Waals surface area contributed by atoms with E-state index in [1.807, 2.05) is 61.5 Å². The highest BCUT2D eigenvalue weighted by atomic mass is 32.2. The second kappa shape index (κ2) is 11.1. The van der Waals surface area contributed by atoms with Crippen LogP contribution in [0, 0.1) is 0 Å². The minimum Gasteiger partial charge on any atom is -0.494 e. The normalized spacial score (nSPS) is 14.9. The van der Waals surface area contributed by atoms with Gasteiger partial charge < -0.3 is 14.7 Å². The Bertz CT molecular complexity index is 961. The number of aliphatic hydroxyl groups excluding tert-OH is 1. The van der Waals surface area contributed by atoms with Crippen LogP contribution in [0.1, 0.15) is 18.1 Å². The quantitative estimate of drug-likeness (QED) is 0.461. The largest absolute Gasteiger partial charge is 0.494 e. The molecule has 1 fully saturated rings. The second-order valence-corrected chi connectivity index (χ2v) is 8.47. The second-order valence-electron chi connectivity index (χ2n) is 6.79. The fourth-order valence-electron chi connectivity index (χ4n) is 3.07. The third kappa shape index (κ3) is 6.16. The van der Waals surface area contributed by atoms with Crippen LogP contribution in [0.4, 0.5) is 0 Å². The van der Waals surface area contributed by atoms with Gasteiger partial charge in [-0.1, -0.05) is 66.4 Å². The van der Waals surface area contributed by atoms with Crippen LogP contribution in [-0.4, -0.2) is 57.3 Å². The first-order valence-electron chi connectivity index (χ1n) is 9.92. The number of rotatable bonds is 9. The molecule has 0 aliphatic carbocycles. The summed E-state index contributed by atoms with van der Waals surface area (Å²) in [4.78, 5) is 29.1. The predicted molar refractivity (Wildman–Crippen MR) is 126 cm³/mol. The molecule has 1 aliphatic heterocycles. The topological polar surface area (TPSA) is 70.1 Å². The Morgan fingerprint density at radius 1 is 1.19 bits per heavy atom. The Morgan fingerprint density at radius 3 is 2.55 bits per heavy atom. The maximum atomic E-state index is 12.9. The molecule has 0 radical (unpaired) electrons. The van der Waals surface area contributed by atoms with E-state index in [0.29, 0.717) is 22.4 Å². The van der Waals surface area contributed by atoms with Crippen molar-refractivity contribution in [3.63, 3.8) is 0 Å². The standard InChI is InChI=1S/C23H24N2O4S2/c1-2-29-19-10-8-17(9-11-19)14-20-22(28)25(23(30)31-20)16-21(27)24(12-13-26)15-18-6-4-3-5-7-18/h3-11,14,26H,2,12-13,15-16H2,1H3/b20-14+. The summed E-state index contributed by atoms with van der Waals surface area (Å²) in [5.74, 6) is 0.206. The molecule has 1 aliphatic rings. The summed E-state index contributed by atoms with van der Waals surface area (Å²) in [7, 11) is 0. The molecular weight excluding hydrogens is 432 g/mol. The lowest BCUT2D eigenvalue weighted by Gasteiger charge is -2.24. The van der Waals surface area contributed by atoms with Crippen LogP contribution >= 0.6 is 24.0 Å². The SMILES string of the molecule is CCOc1ccc(/C=C2/SC(=S)N(CC(=O)N(CCO)Cc3ccccc3)C2=O)cc1. The molecule has 0 saturated carbocycles. The van der Waals surface area contributed by atoms with Crippen molar-refractivity contribution < 1.29 is 19.4 Å². The highest BCUT2D eigenvalue weighted by molar-refractivity contribution is 8.26. The Morgan fingerprint density at radius 2 is 1.90 bits per heavy atom. The molecule has 0 atom stereocenters. The summed E-state index contributed by atoms with van der Waals surface area (Å²) in [6.45, 7) is 2.74. The predicted octanol–water partition coefficient (Wildman–Crippen LogP) is 3.31. The van der Waals surface area contributed by atoms with E-state index in [1.54, 1.807) is 6.08 Å². The molecule has 2 amide bonds. The minimum absolute atomic E-state index is 0.155. The van der Waals surface area contributed by atoms with Crippen LogP contribution < -0.4 is 4.74 Å². The van der Waals surface area contributed by atoms with Crippen molar-refractivity contribution in [1.82, 2.24) is 9.80 Å². The lowest BCUT2D eigenvalue weighted by atomic mass is 10.2. The molecule has 0 unspecified atom stereocenters. The van der Waals surface area contributed by atoms with E-state index in [1.165, 1.54) is 21.6 Å². The molecular formula is C23H24N2O4S2. The van der Waals surface area contributed by atoms with Gasteiger partial charge in [0.15, 0.2) is 0 Å². The van der Waals surface area contributed by atoms with Gasteiger partial charge >= 0.3 is 0 Å². The van der Waals surface area contributed by atoms with E-state index >= 15 is 0 Å². The molecule has 162 valence electrons. The van der Waals surface area contributed by atoms with Crippen LogP contribution in [0.15, 0.2) is 59.5 Å². The van der Waals surface area contributed by atoms with Gasteiger partial charge in [0.1, 0.15) is 16.6 Å². The van der Waals surface area contributed by atoms with E-state index in [-0.39, 0.29) is 31.5 Å². The average Bonchev–Trinajstić information content (AvgIpc) is 3.03. The number of benzene rings is 2. The average molecular weight is 457 g/mol. The Kier molecular flexibility index (Phi) is 8.22. The third-order valence-corrected chi connectivity index (χ3v) is 5.97. The van der Waals surface area contributed by atoms with E-state index < -0.39 is 0 Å². The maximum absolute atomic E-state index is 12.9. The molecule has 2 aromatic rings. The first kappa shape index (κ1) is 23.0. The van der Waals surface area contributed by atoms with Gasteiger partial charge in [0.2, 0.25) is 5.91 Å². The van der Waals surface area contributed by atoms with Gasteiger partial charge in [0.05, 0.1) is 18.1 Å². The van der Waals surface area contributed by atoms with Gasteiger partial charge in [0, 0.05) is 13.1 Å². The molecule has 0 aromatic heterocycles. The van der Waals surface area contributed by atoms with Crippen molar-refractivity contribution in [3.05, 3.63) is 70.6 Å². The van der Waals surface area contributed by atoms with Crippen molar-refractivity contribution in [1.29, 1.82) is 0 Å². The number of amides is 2. The fraction of sp³-hybridized carbons (Fsp3) is 0.261. The molecule has 8 heteroatoms. The Balaban J connectivity index is 1.68. The van der Waals surface area contributed by atoms with Gasteiger partial charge in [0.25, 0.3) is 5.91 Å². The first-order chi connectivity index (χ1) is 15.0. The summed E-state index contributed by atoms with van der Waals surface area (Å²) in [6.07, 6.45) is 1.76. The van der Waals surface area contributed by atoms with Crippen molar-refractivity contribution in [2.75, 3.05) is 26.3 Å². The summed E-state index contributed by atoms with van der Waals surface area (Å²) >= 11 is 6.53. The molecule has 0 spiro atoms. The molecule has 2 aromatic carbocycles. The molecule has 1 N–H and O–H groups in total. The molecule has 0 bridgehead atoms. The van der Waals surface area contributed by atoms with Crippen molar-refractivity contribution in [3.8, 4) is 5.75 Å². The molecule has 6 nitrogen and oxygen atoms in total. The van der Waals surface area contributed by atoms with Crippen LogP contribution in [0.25, 0.3) is 6.08 Å². The zero-order valence-electron chi connectivity index (χ0n) is 17.2. The van der Waals surface area contributed by atoms with Gasteiger partial charge in [-0.3, -0.25) is 14.5 Å². The van der Waals surface area contributed by atoms with Gasteiger partial charge in [-0.05, 0) is 36.3 Å². The number of hydrogen-bond acceptors (Lipinski definition) is 6. The summed E-state index contributed by atoms with van der Waals surface area (Å²) < 4.78 is 5.78. The minimum atomic E-state index is -0.291. The molecule has 1 heterocycles. The fourth-order valence-corrected chi connectivity index (χ4v) is 4.32. The highest BCUT2D eigenvalue weighted by Crippen LogP contribution is 2.32. The van der Waals surface area contributed by atoms with Gasteiger partial charge in [-0.25, -0.2) is 0 Å². The summed E-state index contributed by atoms with van der Waals surface area (Å²) in [5.41, 5.74) is 1.80. The number of ether oxygens (including phenoxy) is 1. The van der Waals surface area contributed by atoms with Crippen molar-refractivity contribution in [2.45, 2.75) is 13.5 Å². The number of nitrogens with zero attached hydrogens (tertiary/aromatic N) is 2. The van der Waals surface area contributed by atoms with Crippen LogP contribution in [0.2, 0.25) is 0 Å². The zero-order valence-corrected chi connectivity index (χ0v) is 18.8. The zero-order chi connectivity index (χ0) is 22.2. The van der Waals surface area contributed by atoms with E-state index in [9.17, 15) is 14.7 Å². The Labute approximate surface area is 191 Å². The number of thiocarbonyl (C=S) groups is 1. The number of aliphatic hydroxyl groups is 1. The third-order valence-electron chi connectivity index (χ3n) is 4.59. The number of thioether (sulfide) groups is 1. The lowest BCUT2D eigenvalue weighted by Crippen LogP contribution is -2.42. The number of carbonyl (C=O) groups excluding carboxylic acids is 2. The lowest BCUT2D eigenvalue weighted by molar-refractivity contribution is -0.136. The Hall–Kier alpha value is -2.68. The number of hydrogen-bond donors (Lipinski definition) is 1. The summed E-state index contributed by atoms with van der Waals surface area (Å²) in [6, 6.07) is 16.9. The van der Waals surface area contributed by atoms with E-state index in [0.717, 1.165) is 16.9 Å². The van der Waals surface area contributed by atoms with Crippen LogP contribution in [0.5, 0.6) is 5.75 Å². The van der Waals surface area contributed by atoms with E-state index in [2.05, 4.69) is 0 Å². The summed E-state index contributed by atoms with van der Waals surface area (Å²) in [5, 5.41) is 9.37. The van der Waals surface area contributed by atoms with E-state index in [4.69, 9.17) is 17.0 Å². The van der Waals surface area contributed by atoms with Crippen LogP contribution in [-0.2, 0) is 16.1 Å². The highest BCUT2D eigenvalue weighted by Gasteiger charge is 2.34. The molecule has 31 heavy (non-hydrogen) atoms. The maximum Gasteiger partial charge on any atom is 0.266 e. The van der Waals surface area contributed by atoms with Gasteiger partial charge in [-0.2, -0.15) is 0 Å². The number of carbonyl (C=O) groups is 2. The van der Waals surface area contributed by atoms with Gasteiger partial charge in [-0.15, -0.1) is 0 Å². The van der Waals surface area contributed by atoms with Crippen molar-refractivity contribution >= 4 is 46.2 Å². The molecule has 1 saturated heterocycles.